The maximum absolute atomic E-state index is 13.8. The molecule has 0 unspecified atom stereocenters. The van der Waals surface area contributed by atoms with E-state index >= 15 is 0 Å². The van der Waals surface area contributed by atoms with Crippen LogP contribution in [0.25, 0.3) is 0 Å². The van der Waals surface area contributed by atoms with Crippen molar-refractivity contribution in [2.75, 3.05) is 27.3 Å². The molecule has 2 amide bonds. The van der Waals surface area contributed by atoms with Gasteiger partial charge in [-0.15, -0.1) is 0 Å². The topological polar surface area (TPSA) is 72.2 Å². The molecule has 3 rings (SSSR count). The minimum atomic E-state index is -0.133. The molecular formula is C30H44N2O5. The minimum Gasteiger partial charge on any atom is -0.493 e. The highest BCUT2D eigenvalue weighted by atomic mass is 16.5. The molecule has 204 valence electrons. The number of carbonyl (C=O) groups is 2. The van der Waals surface area contributed by atoms with Gasteiger partial charge in [0, 0.05) is 19.0 Å². The van der Waals surface area contributed by atoms with Gasteiger partial charge in [-0.1, -0.05) is 46.1 Å². The molecule has 1 aromatic heterocycles. The summed E-state index contributed by atoms with van der Waals surface area (Å²) in [6, 6.07) is 9.77. The lowest BCUT2D eigenvalue weighted by atomic mass is 9.89. The summed E-state index contributed by atoms with van der Waals surface area (Å²) < 4.78 is 16.6. The van der Waals surface area contributed by atoms with Crippen LogP contribution in [0.1, 0.15) is 76.4 Å². The molecule has 0 radical (unpaired) electrons. The van der Waals surface area contributed by atoms with Crippen LogP contribution in [0, 0.1) is 12.3 Å². The van der Waals surface area contributed by atoms with Gasteiger partial charge in [-0.2, -0.15) is 0 Å². The molecule has 1 heterocycles. The fraction of sp³-hybridized carbons (Fsp3) is 0.600. The van der Waals surface area contributed by atoms with E-state index in [9.17, 15) is 9.59 Å². The molecule has 2 aromatic rings. The Labute approximate surface area is 222 Å². The van der Waals surface area contributed by atoms with Gasteiger partial charge in [0.05, 0.1) is 20.8 Å². The fourth-order valence-electron chi connectivity index (χ4n) is 4.96. The van der Waals surface area contributed by atoms with E-state index in [2.05, 4.69) is 20.8 Å². The number of furan rings is 1. The predicted molar refractivity (Wildman–Crippen MR) is 145 cm³/mol. The first kappa shape index (κ1) is 28.6. The Kier molecular flexibility index (Phi) is 10.1. The molecule has 1 aromatic carbocycles. The Balaban J connectivity index is 1.79. The van der Waals surface area contributed by atoms with E-state index in [-0.39, 0.29) is 29.8 Å². The average molecular weight is 513 g/mol. The first-order valence-corrected chi connectivity index (χ1v) is 13.4. The number of methoxy groups -OCH3 is 2. The van der Waals surface area contributed by atoms with E-state index in [1.165, 1.54) is 6.42 Å². The standard InChI is InChI=1S/C30H44N2O5/c1-22-12-14-25(37-22)20-31(17-16-23-13-15-26(35-5)27(18-23)36-6)29(34)21-32(24-10-8-7-9-11-24)28(33)19-30(2,3)4/h12-15,18,24H,7-11,16-17,19-21H2,1-6H3. The molecule has 37 heavy (non-hydrogen) atoms. The van der Waals surface area contributed by atoms with Gasteiger partial charge >= 0.3 is 0 Å². The number of nitrogens with zero attached hydrogens (tertiary/aromatic N) is 2. The van der Waals surface area contributed by atoms with Crippen LogP contribution in [0.3, 0.4) is 0 Å². The number of amides is 2. The van der Waals surface area contributed by atoms with Crippen molar-refractivity contribution in [2.45, 2.75) is 85.2 Å². The average Bonchev–Trinajstić information content (AvgIpc) is 3.28. The molecule has 0 N–H and O–H groups in total. The molecule has 1 aliphatic carbocycles. The van der Waals surface area contributed by atoms with Gasteiger partial charge in [0.1, 0.15) is 18.1 Å². The molecule has 1 aliphatic rings. The van der Waals surface area contributed by atoms with E-state index in [1.807, 2.05) is 47.1 Å². The Morgan fingerprint density at radius 1 is 0.973 bits per heavy atom. The zero-order valence-corrected chi connectivity index (χ0v) is 23.5. The molecule has 1 fully saturated rings. The molecule has 7 nitrogen and oxygen atoms in total. The van der Waals surface area contributed by atoms with Gasteiger partial charge in [0.25, 0.3) is 0 Å². The first-order chi connectivity index (χ1) is 17.6. The van der Waals surface area contributed by atoms with Crippen molar-refractivity contribution >= 4 is 11.8 Å². The van der Waals surface area contributed by atoms with Crippen LogP contribution in [-0.4, -0.2) is 55.0 Å². The van der Waals surface area contributed by atoms with Crippen molar-refractivity contribution in [3.05, 3.63) is 47.4 Å². The zero-order valence-electron chi connectivity index (χ0n) is 23.5. The monoisotopic (exact) mass is 512 g/mol. The van der Waals surface area contributed by atoms with E-state index in [0.717, 1.165) is 42.8 Å². The highest BCUT2D eigenvalue weighted by Crippen LogP contribution is 2.29. The third kappa shape index (κ3) is 8.54. The summed E-state index contributed by atoms with van der Waals surface area (Å²) in [6.45, 7) is 9.08. The van der Waals surface area contributed by atoms with Crippen molar-refractivity contribution in [1.82, 2.24) is 9.80 Å². The number of aryl methyl sites for hydroxylation is 1. The number of hydrogen-bond donors (Lipinski definition) is 0. The Morgan fingerprint density at radius 3 is 2.27 bits per heavy atom. The SMILES string of the molecule is COc1ccc(CCN(Cc2ccc(C)o2)C(=O)CN(C(=O)CC(C)(C)C)C2CCCCC2)cc1OC. The highest BCUT2D eigenvalue weighted by molar-refractivity contribution is 5.85. The molecule has 0 atom stereocenters. The maximum Gasteiger partial charge on any atom is 0.242 e. The van der Waals surface area contributed by atoms with Gasteiger partial charge in [0.2, 0.25) is 11.8 Å². The number of carbonyl (C=O) groups excluding carboxylic acids is 2. The lowest BCUT2D eigenvalue weighted by Crippen LogP contribution is -2.49. The van der Waals surface area contributed by atoms with E-state index < -0.39 is 0 Å². The molecule has 1 saturated carbocycles. The third-order valence-corrected chi connectivity index (χ3v) is 6.94. The molecule has 0 spiro atoms. The normalized spacial score (nSPS) is 14.3. The van der Waals surface area contributed by atoms with Crippen molar-refractivity contribution in [2.24, 2.45) is 5.41 Å². The quantitative estimate of drug-likeness (QED) is 0.382. The van der Waals surface area contributed by atoms with Crippen LogP contribution < -0.4 is 9.47 Å². The van der Waals surface area contributed by atoms with Gasteiger partial charge in [-0.3, -0.25) is 9.59 Å². The van der Waals surface area contributed by atoms with Crippen LogP contribution in [0.4, 0.5) is 0 Å². The maximum atomic E-state index is 13.8. The summed E-state index contributed by atoms with van der Waals surface area (Å²) in [6.07, 6.45) is 6.41. The molecule has 0 bridgehead atoms. The summed E-state index contributed by atoms with van der Waals surface area (Å²) >= 11 is 0. The third-order valence-electron chi connectivity index (χ3n) is 6.94. The molecule has 0 aliphatic heterocycles. The van der Waals surface area contributed by atoms with Crippen LogP contribution >= 0.6 is 0 Å². The Morgan fingerprint density at radius 2 is 1.68 bits per heavy atom. The largest absolute Gasteiger partial charge is 0.493 e. The number of ether oxygens (including phenoxy) is 2. The number of rotatable bonds is 11. The second-order valence-electron chi connectivity index (χ2n) is 11.3. The Bertz CT molecular complexity index is 1030. The van der Waals surface area contributed by atoms with Crippen LogP contribution in [0.15, 0.2) is 34.7 Å². The number of benzene rings is 1. The molecule has 7 heteroatoms. The van der Waals surface area contributed by atoms with Gasteiger partial charge < -0.3 is 23.7 Å². The summed E-state index contributed by atoms with van der Waals surface area (Å²) in [5.41, 5.74) is 0.908. The summed E-state index contributed by atoms with van der Waals surface area (Å²) in [5, 5.41) is 0. The van der Waals surface area contributed by atoms with Crippen molar-refractivity contribution in [3.8, 4) is 11.5 Å². The second kappa shape index (κ2) is 13.0. The summed E-state index contributed by atoms with van der Waals surface area (Å²) in [4.78, 5) is 30.8. The lowest BCUT2D eigenvalue weighted by Gasteiger charge is -2.37. The van der Waals surface area contributed by atoms with Gasteiger partial charge in [-0.05, 0) is 61.4 Å². The number of hydrogen-bond acceptors (Lipinski definition) is 5. The second-order valence-corrected chi connectivity index (χ2v) is 11.3. The minimum absolute atomic E-state index is 0.0534. The highest BCUT2D eigenvalue weighted by Gasteiger charge is 2.31. The van der Waals surface area contributed by atoms with Gasteiger partial charge in [0.15, 0.2) is 11.5 Å². The fourth-order valence-corrected chi connectivity index (χ4v) is 4.96. The smallest absolute Gasteiger partial charge is 0.242 e. The van der Waals surface area contributed by atoms with Gasteiger partial charge in [-0.25, -0.2) is 0 Å². The van der Waals surface area contributed by atoms with Crippen molar-refractivity contribution in [3.63, 3.8) is 0 Å². The Hall–Kier alpha value is -2.96. The van der Waals surface area contributed by atoms with Crippen molar-refractivity contribution in [1.29, 1.82) is 0 Å². The molecule has 0 saturated heterocycles. The zero-order chi connectivity index (χ0) is 27.0. The lowest BCUT2D eigenvalue weighted by molar-refractivity contribution is -0.144. The first-order valence-electron chi connectivity index (χ1n) is 13.4. The summed E-state index contributed by atoms with van der Waals surface area (Å²) in [7, 11) is 3.23. The van der Waals surface area contributed by atoms with Crippen LogP contribution in [0.2, 0.25) is 0 Å². The van der Waals surface area contributed by atoms with Crippen LogP contribution in [-0.2, 0) is 22.6 Å². The molecular weight excluding hydrogens is 468 g/mol. The van der Waals surface area contributed by atoms with E-state index in [1.54, 1.807) is 14.2 Å². The predicted octanol–water partition coefficient (Wildman–Crippen LogP) is 5.77. The van der Waals surface area contributed by atoms with Crippen molar-refractivity contribution < 1.29 is 23.5 Å². The summed E-state index contributed by atoms with van der Waals surface area (Å²) in [5.74, 6) is 2.90. The van der Waals surface area contributed by atoms with Crippen LogP contribution in [0.5, 0.6) is 11.5 Å². The van der Waals surface area contributed by atoms with E-state index in [0.29, 0.717) is 37.4 Å². The van der Waals surface area contributed by atoms with E-state index in [4.69, 9.17) is 13.9 Å².